The fourth-order valence-corrected chi connectivity index (χ4v) is 5.85. The first-order chi connectivity index (χ1) is 16.6. The second kappa shape index (κ2) is 8.20. The highest BCUT2D eigenvalue weighted by Gasteiger charge is 2.12. The average Bonchev–Trinajstić information content (AvgIpc) is 3.33. The number of unbranched alkanes of at least 4 members (excludes halogenated alkanes) is 2. The van der Waals surface area contributed by atoms with E-state index >= 15 is 0 Å². The van der Waals surface area contributed by atoms with Gasteiger partial charge in [0, 0.05) is 47.3 Å². The summed E-state index contributed by atoms with van der Waals surface area (Å²) in [6.07, 6.45) is 7.25. The van der Waals surface area contributed by atoms with Gasteiger partial charge in [-0.05, 0) is 94.4 Å². The number of aryl methyl sites for hydroxylation is 4. The minimum atomic E-state index is 1.15. The van der Waals surface area contributed by atoms with Crippen LogP contribution in [0.4, 0.5) is 0 Å². The van der Waals surface area contributed by atoms with Crippen molar-refractivity contribution < 1.29 is 0 Å². The molecule has 0 radical (unpaired) electrons. The SMILES string of the molecule is CCCCc1cc2cc3c(ccc4c5cc6cc(CCCC)n(C)c6cc5ccc34)cc2n1C. The van der Waals surface area contributed by atoms with E-state index in [1.165, 1.54) is 91.2 Å². The van der Waals surface area contributed by atoms with Gasteiger partial charge in [0.05, 0.1) is 0 Å². The van der Waals surface area contributed by atoms with Gasteiger partial charge in [-0.15, -0.1) is 0 Å². The first-order valence-electron chi connectivity index (χ1n) is 12.9. The third kappa shape index (κ3) is 3.23. The van der Waals surface area contributed by atoms with Gasteiger partial charge in [0.25, 0.3) is 0 Å². The van der Waals surface area contributed by atoms with Crippen molar-refractivity contribution in [3.63, 3.8) is 0 Å². The average molecular weight is 447 g/mol. The quantitative estimate of drug-likeness (QED) is 0.226. The van der Waals surface area contributed by atoms with Gasteiger partial charge in [0.2, 0.25) is 0 Å². The first kappa shape index (κ1) is 21.3. The third-order valence-corrected chi connectivity index (χ3v) is 7.93. The number of hydrogen-bond donors (Lipinski definition) is 0. The molecule has 0 amide bonds. The fourth-order valence-electron chi connectivity index (χ4n) is 5.85. The van der Waals surface area contributed by atoms with E-state index in [9.17, 15) is 0 Å². The van der Waals surface area contributed by atoms with Crippen molar-refractivity contribution in [1.82, 2.24) is 9.13 Å². The molecule has 6 rings (SSSR count). The molecule has 0 saturated carbocycles. The second-order valence-corrected chi connectivity index (χ2v) is 10.1. The van der Waals surface area contributed by atoms with Crippen LogP contribution in [0.1, 0.15) is 50.9 Å². The van der Waals surface area contributed by atoms with Crippen LogP contribution in [0, 0.1) is 0 Å². The summed E-state index contributed by atoms with van der Waals surface area (Å²) < 4.78 is 4.77. The molecule has 0 bridgehead atoms. The molecule has 34 heavy (non-hydrogen) atoms. The van der Waals surface area contributed by atoms with Crippen molar-refractivity contribution in [2.45, 2.75) is 52.4 Å². The molecule has 0 saturated heterocycles. The van der Waals surface area contributed by atoms with E-state index in [1.54, 1.807) is 0 Å². The molecule has 172 valence electrons. The van der Waals surface area contributed by atoms with Gasteiger partial charge in [-0.1, -0.05) is 51.0 Å². The summed E-state index contributed by atoms with van der Waals surface area (Å²) in [4.78, 5) is 0. The van der Waals surface area contributed by atoms with Crippen LogP contribution in [0.2, 0.25) is 0 Å². The molecule has 0 spiro atoms. The fraction of sp³-hybridized carbons (Fsp3) is 0.312. The lowest BCUT2D eigenvalue weighted by atomic mass is 9.95. The van der Waals surface area contributed by atoms with Crippen LogP contribution in [0.5, 0.6) is 0 Å². The Balaban J connectivity index is 1.57. The van der Waals surface area contributed by atoms with E-state index in [0.29, 0.717) is 0 Å². The molecule has 4 aromatic carbocycles. The smallest absolute Gasteiger partial charge is 0.0486 e. The van der Waals surface area contributed by atoms with Crippen LogP contribution in [-0.2, 0) is 26.9 Å². The minimum absolute atomic E-state index is 1.15. The third-order valence-electron chi connectivity index (χ3n) is 7.93. The van der Waals surface area contributed by atoms with Gasteiger partial charge in [-0.3, -0.25) is 0 Å². The molecular formula is C32H34N2. The number of fused-ring (bicyclic) bond motifs is 7. The molecule has 0 fully saturated rings. The van der Waals surface area contributed by atoms with Crippen LogP contribution in [0.3, 0.4) is 0 Å². The highest BCUT2D eigenvalue weighted by atomic mass is 14.9. The Morgan fingerprint density at radius 2 is 0.941 bits per heavy atom. The predicted octanol–water partition coefficient (Wildman–Crippen LogP) is 8.81. The van der Waals surface area contributed by atoms with Gasteiger partial charge in [0.15, 0.2) is 0 Å². The largest absolute Gasteiger partial charge is 0.348 e. The zero-order chi connectivity index (χ0) is 23.4. The molecule has 2 nitrogen and oxygen atoms in total. The summed E-state index contributed by atoms with van der Waals surface area (Å²) >= 11 is 0. The van der Waals surface area contributed by atoms with E-state index in [2.05, 4.69) is 97.7 Å². The lowest BCUT2D eigenvalue weighted by Gasteiger charge is -2.10. The molecular weight excluding hydrogens is 412 g/mol. The Morgan fingerprint density at radius 1 is 0.500 bits per heavy atom. The molecule has 0 atom stereocenters. The van der Waals surface area contributed by atoms with E-state index in [0.717, 1.165) is 12.8 Å². The maximum Gasteiger partial charge on any atom is 0.0486 e. The van der Waals surface area contributed by atoms with Gasteiger partial charge < -0.3 is 9.13 Å². The van der Waals surface area contributed by atoms with Crippen molar-refractivity contribution in [2.75, 3.05) is 0 Å². The summed E-state index contributed by atoms with van der Waals surface area (Å²) in [6.45, 7) is 4.53. The van der Waals surface area contributed by atoms with Crippen LogP contribution >= 0.6 is 0 Å². The number of benzene rings is 4. The van der Waals surface area contributed by atoms with Crippen molar-refractivity contribution >= 4 is 54.1 Å². The Morgan fingerprint density at radius 3 is 1.35 bits per heavy atom. The molecule has 6 aromatic rings. The van der Waals surface area contributed by atoms with Gasteiger partial charge >= 0.3 is 0 Å². The van der Waals surface area contributed by atoms with Gasteiger partial charge in [-0.2, -0.15) is 0 Å². The topological polar surface area (TPSA) is 9.86 Å². The summed E-state index contributed by atoms with van der Waals surface area (Å²) in [5.74, 6) is 0. The Labute approximate surface area is 201 Å². The van der Waals surface area contributed by atoms with Crippen LogP contribution in [0.25, 0.3) is 54.1 Å². The van der Waals surface area contributed by atoms with Crippen molar-refractivity contribution in [3.05, 3.63) is 72.1 Å². The van der Waals surface area contributed by atoms with E-state index in [-0.39, 0.29) is 0 Å². The molecule has 2 heterocycles. The predicted molar refractivity (Wildman–Crippen MR) is 149 cm³/mol. The Hall–Kier alpha value is -3.26. The van der Waals surface area contributed by atoms with Gasteiger partial charge in [0.1, 0.15) is 0 Å². The standard InChI is InChI=1S/C32H34N2/c1-5-7-9-25-15-23-17-29-21(19-31(23)33(25)3)11-13-28-27(29)14-12-22-20-32-24(18-30(22)28)16-26(34(32)4)10-8-6-2/h11-20H,5-10H2,1-4H3. The highest BCUT2D eigenvalue weighted by Crippen LogP contribution is 2.36. The molecule has 0 aliphatic carbocycles. The molecule has 2 aromatic heterocycles. The van der Waals surface area contributed by atoms with Crippen molar-refractivity contribution in [3.8, 4) is 0 Å². The molecule has 0 aliphatic heterocycles. The molecule has 2 heteroatoms. The van der Waals surface area contributed by atoms with Crippen LogP contribution in [0.15, 0.2) is 60.7 Å². The number of nitrogens with zero attached hydrogens (tertiary/aromatic N) is 2. The van der Waals surface area contributed by atoms with E-state index in [1.807, 2.05) is 0 Å². The van der Waals surface area contributed by atoms with Crippen LogP contribution < -0.4 is 0 Å². The number of rotatable bonds is 6. The lowest BCUT2D eigenvalue weighted by Crippen LogP contribution is -1.95. The maximum absolute atomic E-state index is 2.41. The maximum atomic E-state index is 2.41. The molecule has 0 N–H and O–H groups in total. The number of aromatic nitrogens is 2. The first-order valence-corrected chi connectivity index (χ1v) is 12.9. The van der Waals surface area contributed by atoms with Gasteiger partial charge in [-0.25, -0.2) is 0 Å². The zero-order valence-corrected chi connectivity index (χ0v) is 20.9. The zero-order valence-electron chi connectivity index (χ0n) is 20.9. The summed E-state index contributed by atoms with van der Waals surface area (Å²) in [5.41, 5.74) is 5.55. The van der Waals surface area contributed by atoms with Crippen LogP contribution in [-0.4, -0.2) is 9.13 Å². The molecule has 0 unspecified atom stereocenters. The lowest BCUT2D eigenvalue weighted by molar-refractivity contribution is 0.742. The molecule has 0 aliphatic rings. The normalized spacial score (nSPS) is 12.2. The Bertz CT molecular complexity index is 1570. The summed E-state index contributed by atoms with van der Waals surface area (Å²) in [6, 6.07) is 23.7. The minimum Gasteiger partial charge on any atom is -0.348 e. The Kier molecular flexibility index (Phi) is 5.13. The van der Waals surface area contributed by atoms with Crippen molar-refractivity contribution in [2.24, 2.45) is 14.1 Å². The highest BCUT2D eigenvalue weighted by molar-refractivity contribution is 6.20. The summed E-state index contributed by atoms with van der Waals surface area (Å²) in [5, 5.41) is 10.8. The second-order valence-electron chi connectivity index (χ2n) is 10.1. The monoisotopic (exact) mass is 446 g/mol. The number of hydrogen-bond acceptors (Lipinski definition) is 0. The summed E-state index contributed by atoms with van der Waals surface area (Å²) in [7, 11) is 4.43. The van der Waals surface area contributed by atoms with E-state index in [4.69, 9.17) is 0 Å². The van der Waals surface area contributed by atoms with E-state index < -0.39 is 0 Å². The van der Waals surface area contributed by atoms with Crippen molar-refractivity contribution in [1.29, 1.82) is 0 Å².